The normalized spacial score (nSPS) is 36.2. The van der Waals surface area contributed by atoms with Crippen molar-refractivity contribution in [2.75, 3.05) is 6.61 Å². The van der Waals surface area contributed by atoms with E-state index in [1.807, 2.05) is 25.1 Å². The van der Waals surface area contributed by atoms with E-state index in [4.69, 9.17) is 16.3 Å². The van der Waals surface area contributed by atoms with Gasteiger partial charge in [-0.05, 0) is 50.5 Å². The maximum Gasteiger partial charge on any atom is 0.238 e. The average Bonchev–Trinajstić information content (AvgIpc) is 2.66. The van der Waals surface area contributed by atoms with Crippen molar-refractivity contribution >= 4 is 11.6 Å². The Morgan fingerprint density at radius 1 is 1.04 bits per heavy atom. The first-order chi connectivity index (χ1) is 12.5. The summed E-state index contributed by atoms with van der Waals surface area (Å²) in [6.07, 6.45) is 9.80. The van der Waals surface area contributed by atoms with Gasteiger partial charge in [-0.1, -0.05) is 69.4 Å². The first-order valence-corrected chi connectivity index (χ1v) is 11.0. The molecule has 3 unspecified atom stereocenters. The Morgan fingerprint density at radius 3 is 2.35 bits per heavy atom. The molecular weight excluding hydrogens is 347 g/mol. The van der Waals surface area contributed by atoms with Crippen molar-refractivity contribution in [3.8, 4) is 0 Å². The van der Waals surface area contributed by atoms with Crippen LogP contribution < -0.4 is 0 Å². The van der Waals surface area contributed by atoms with E-state index in [2.05, 4.69) is 19.1 Å². The molecule has 2 aliphatic carbocycles. The molecule has 2 fully saturated rings. The van der Waals surface area contributed by atoms with E-state index in [1.54, 1.807) is 0 Å². The number of halogens is 2. The number of rotatable bonds is 6. The lowest BCUT2D eigenvalue weighted by Crippen LogP contribution is -2.67. The summed E-state index contributed by atoms with van der Waals surface area (Å²) in [6, 6.07) is 10.3. The number of hydrogen-bond acceptors (Lipinski definition) is 1. The second-order valence-electron chi connectivity index (χ2n) is 8.27. The van der Waals surface area contributed by atoms with Crippen LogP contribution in [-0.2, 0) is 10.2 Å². The Hall–Kier alpha value is -0.600. The first-order valence-electron chi connectivity index (χ1n) is 10.6. The zero-order valence-electron chi connectivity index (χ0n) is 16.4. The summed E-state index contributed by atoms with van der Waals surface area (Å²) in [5.41, 5.74) is 0.448. The van der Waals surface area contributed by atoms with Crippen molar-refractivity contribution in [2.24, 2.45) is 5.92 Å². The zero-order valence-corrected chi connectivity index (χ0v) is 17.2. The lowest BCUT2D eigenvalue weighted by molar-refractivity contribution is -0.249. The summed E-state index contributed by atoms with van der Waals surface area (Å²) in [4.78, 5) is -0.941. The van der Waals surface area contributed by atoms with Gasteiger partial charge >= 0.3 is 0 Å². The molecule has 0 bridgehead atoms. The van der Waals surface area contributed by atoms with E-state index in [9.17, 15) is 0 Å². The fourth-order valence-electron chi connectivity index (χ4n) is 5.87. The third kappa shape index (κ3) is 3.11. The van der Waals surface area contributed by atoms with Crippen LogP contribution in [0.25, 0.3) is 0 Å². The lowest BCUT2D eigenvalue weighted by atomic mass is 9.53. The van der Waals surface area contributed by atoms with E-state index in [0.29, 0.717) is 25.4 Å². The molecule has 1 aromatic carbocycles. The van der Waals surface area contributed by atoms with E-state index in [0.717, 1.165) is 37.7 Å². The summed E-state index contributed by atoms with van der Waals surface area (Å²) in [6.45, 7) is 4.35. The van der Waals surface area contributed by atoms with Crippen LogP contribution in [0.2, 0.25) is 0 Å². The molecule has 3 rings (SSSR count). The smallest absolute Gasteiger partial charge is 0.238 e. The molecule has 1 aromatic rings. The molecule has 1 nitrogen and oxygen atoms in total. The molecule has 3 heteroatoms. The molecule has 26 heavy (non-hydrogen) atoms. The fraction of sp³-hybridized carbons (Fsp3) is 0.739. The van der Waals surface area contributed by atoms with Crippen molar-refractivity contribution in [1.29, 1.82) is 0 Å². The van der Waals surface area contributed by atoms with Crippen LogP contribution in [0.15, 0.2) is 30.3 Å². The molecule has 3 atom stereocenters. The Labute approximate surface area is 163 Å². The van der Waals surface area contributed by atoms with Gasteiger partial charge in [-0.3, -0.25) is 0 Å². The topological polar surface area (TPSA) is 9.23 Å². The summed E-state index contributed by atoms with van der Waals surface area (Å²) >= 11 is 7.11. The van der Waals surface area contributed by atoms with Gasteiger partial charge in [-0.15, -0.1) is 11.6 Å². The summed E-state index contributed by atoms with van der Waals surface area (Å²) < 4.78 is 23.3. The monoisotopic (exact) mass is 380 g/mol. The lowest BCUT2D eigenvalue weighted by Gasteiger charge is -2.59. The minimum absolute atomic E-state index is 0.297. The van der Waals surface area contributed by atoms with Gasteiger partial charge in [-0.2, -0.15) is 0 Å². The second-order valence-corrected chi connectivity index (χ2v) is 8.99. The Bertz CT molecular complexity index is 569. The van der Waals surface area contributed by atoms with Crippen LogP contribution in [0.5, 0.6) is 0 Å². The Kier molecular flexibility index (Phi) is 6.34. The van der Waals surface area contributed by atoms with Gasteiger partial charge in [0.2, 0.25) is 5.85 Å². The minimum Gasteiger partial charge on any atom is -0.344 e. The van der Waals surface area contributed by atoms with Gasteiger partial charge < -0.3 is 4.74 Å². The van der Waals surface area contributed by atoms with Crippen LogP contribution in [0, 0.1) is 5.92 Å². The second kappa shape index (κ2) is 8.19. The molecule has 0 radical (unpaired) electrons. The highest BCUT2D eigenvalue weighted by Gasteiger charge is 2.69. The largest absolute Gasteiger partial charge is 0.344 e. The number of alkyl halides is 2. The first kappa shape index (κ1) is 20.1. The molecule has 2 aliphatic rings. The van der Waals surface area contributed by atoms with Crippen molar-refractivity contribution in [1.82, 2.24) is 0 Å². The molecule has 0 saturated heterocycles. The van der Waals surface area contributed by atoms with Gasteiger partial charge in [0.05, 0.1) is 5.41 Å². The Balaban J connectivity index is 2.19. The predicted molar refractivity (Wildman–Crippen MR) is 108 cm³/mol. The number of hydrogen-bond donors (Lipinski definition) is 0. The summed E-state index contributed by atoms with van der Waals surface area (Å²) in [5, 5.41) is 0. The van der Waals surface area contributed by atoms with Crippen LogP contribution >= 0.6 is 11.6 Å². The van der Waals surface area contributed by atoms with E-state index in [1.165, 1.54) is 19.3 Å². The molecule has 2 saturated carbocycles. The van der Waals surface area contributed by atoms with Gasteiger partial charge in [-0.25, -0.2) is 4.39 Å². The third-order valence-corrected chi connectivity index (χ3v) is 7.50. The standard InChI is InChI=1S/C23H34ClFO/c1-3-16-21(24)17-11-18-22(23(21,25)26-4-2,19-12-7-5-8-13-19)20-14-9-6-10-15-20/h5,7-8,12-13,20H,3-4,6,9-11,14-18H2,1-2H3. The van der Waals surface area contributed by atoms with Crippen LogP contribution in [0.1, 0.15) is 83.6 Å². The zero-order chi connectivity index (χ0) is 18.7. The predicted octanol–water partition coefficient (Wildman–Crippen LogP) is 7.17. The molecule has 146 valence electrons. The molecule has 0 amide bonds. The molecule has 0 heterocycles. The molecule has 0 aliphatic heterocycles. The number of ether oxygens (including phenoxy) is 1. The maximum atomic E-state index is 17.2. The SMILES string of the molecule is CCCC1(Cl)CCCC(c2ccccc2)(C2CCCCC2)C1(F)OCC. The van der Waals surface area contributed by atoms with Gasteiger partial charge in [0.1, 0.15) is 4.87 Å². The van der Waals surface area contributed by atoms with Gasteiger partial charge in [0.25, 0.3) is 0 Å². The highest BCUT2D eigenvalue weighted by atomic mass is 35.5. The van der Waals surface area contributed by atoms with Crippen molar-refractivity contribution in [3.63, 3.8) is 0 Å². The average molecular weight is 381 g/mol. The highest BCUT2D eigenvalue weighted by Crippen LogP contribution is 2.63. The third-order valence-electron chi connectivity index (χ3n) is 6.87. The molecule has 0 N–H and O–H groups in total. The quantitative estimate of drug-likeness (QED) is 0.475. The molecule has 0 spiro atoms. The van der Waals surface area contributed by atoms with Crippen molar-refractivity contribution < 1.29 is 9.13 Å². The van der Waals surface area contributed by atoms with Gasteiger partial charge in [0.15, 0.2) is 0 Å². The molecular formula is C23H34ClFO. The van der Waals surface area contributed by atoms with E-state index in [-0.39, 0.29) is 0 Å². The van der Waals surface area contributed by atoms with Crippen molar-refractivity contribution in [3.05, 3.63) is 35.9 Å². The van der Waals surface area contributed by atoms with Crippen LogP contribution in [0.4, 0.5) is 4.39 Å². The Morgan fingerprint density at radius 2 is 1.73 bits per heavy atom. The maximum absolute atomic E-state index is 17.2. The van der Waals surface area contributed by atoms with E-state index >= 15 is 4.39 Å². The van der Waals surface area contributed by atoms with Crippen LogP contribution in [0.3, 0.4) is 0 Å². The fourth-order valence-corrected chi connectivity index (χ4v) is 6.42. The summed E-state index contributed by atoms with van der Waals surface area (Å²) in [5.74, 6) is -1.53. The van der Waals surface area contributed by atoms with Gasteiger partial charge in [0, 0.05) is 6.61 Å². The molecule has 0 aromatic heterocycles. The highest BCUT2D eigenvalue weighted by molar-refractivity contribution is 6.25. The minimum atomic E-state index is -1.83. The summed E-state index contributed by atoms with van der Waals surface area (Å²) in [7, 11) is 0. The van der Waals surface area contributed by atoms with Crippen molar-refractivity contribution in [2.45, 2.75) is 94.2 Å². The van der Waals surface area contributed by atoms with Crippen LogP contribution in [-0.4, -0.2) is 17.3 Å². The number of benzene rings is 1. The van der Waals surface area contributed by atoms with E-state index < -0.39 is 16.1 Å².